The minimum atomic E-state index is 0.0925. The van der Waals surface area contributed by atoms with Gasteiger partial charge in [-0.05, 0) is 30.6 Å². The zero-order valence-corrected chi connectivity index (χ0v) is 10.3. The molecule has 2 N–H and O–H groups in total. The molecule has 0 radical (unpaired) electrons. The molecule has 1 heterocycles. The van der Waals surface area contributed by atoms with Gasteiger partial charge in [-0.25, -0.2) is 4.98 Å². The second-order valence-electron chi connectivity index (χ2n) is 3.41. The van der Waals surface area contributed by atoms with Gasteiger partial charge < -0.3 is 5.73 Å². The monoisotopic (exact) mass is 238 g/mol. The lowest BCUT2D eigenvalue weighted by atomic mass is 10.2. The molecule has 0 amide bonds. The summed E-state index contributed by atoms with van der Waals surface area (Å²) >= 11 is 3.54. The smallest absolute Gasteiger partial charge is 0.111 e. The van der Waals surface area contributed by atoms with Crippen LogP contribution in [0, 0.1) is 0 Å². The van der Waals surface area contributed by atoms with Crippen molar-refractivity contribution in [3.05, 3.63) is 29.3 Å². The van der Waals surface area contributed by atoms with Crippen molar-refractivity contribution in [2.75, 3.05) is 12.0 Å². The van der Waals surface area contributed by atoms with Gasteiger partial charge in [0, 0.05) is 0 Å². The second kappa shape index (κ2) is 4.96. The van der Waals surface area contributed by atoms with Crippen LogP contribution >= 0.6 is 23.1 Å². The number of hydrogen-bond acceptors (Lipinski definition) is 4. The van der Waals surface area contributed by atoms with Crippen LogP contribution in [0.5, 0.6) is 0 Å². The van der Waals surface area contributed by atoms with Crippen molar-refractivity contribution < 1.29 is 0 Å². The third-order valence-corrected chi connectivity index (χ3v) is 4.07. The fourth-order valence-electron chi connectivity index (χ4n) is 1.42. The van der Waals surface area contributed by atoms with Crippen LogP contribution in [0.25, 0.3) is 10.2 Å². The molecule has 0 saturated carbocycles. The average Bonchev–Trinajstić information content (AvgIpc) is 2.69. The third-order valence-electron chi connectivity index (χ3n) is 2.26. The van der Waals surface area contributed by atoms with E-state index in [0.29, 0.717) is 0 Å². The Balaban J connectivity index is 2.20. The van der Waals surface area contributed by atoms with Gasteiger partial charge in [0.25, 0.3) is 0 Å². The van der Waals surface area contributed by atoms with Crippen molar-refractivity contribution in [1.29, 1.82) is 0 Å². The predicted octanol–water partition coefficient (Wildman–Crippen LogP) is 3.05. The number of thioether (sulfide) groups is 1. The van der Waals surface area contributed by atoms with E-state index < -0.39 is 0 Å². The molecular formula is C11H14N2S2. The molecule has 1 aromatic carbocycles. The van der Waals surface area contributed by atoms with E-state index in [-0.39, 0.29) is 6.04 Å². The number of nitrogens with zero attached hydrogens (tertiary/aromatic N) is 1. The number of para-hydroxylation sites is 1. The van der Waals surface area contributed by atoms with Crippen molar-refractivity contribution in [3.8, 4) is 0 Å². The van der Waals surface area contributed by atoms with E-state index in [0.717, 1.165) is 22.7 Å². The zero-order valence-electron chi connectivity index (χ0n) is 8.64. The standard InChI is InChI=1S/C11H14N2S2/c1-14-7-6-8(12)11-13-9-4-2-3-5-10(9)15-11/h2-5,8H,6-7,12H2,1H3. The molecule has 0 fully saturated rings. The summed E-state index contributed by atoms with van der Waals surface area (Å²) in [6.07, 6.45) is 3.10. The van der Waals surface area contributed by atoms with E-state index in [1.165, 1.54) is 4.70 Å². The van der Waals surface area contributed by atoms with Crippen LogP contribution in [0.1, 0.15) is 17.5 Å². The van der Waals surface area contributed by atoms with E-state index in [1.54, 1.807) is 11.3 Å². The van der Waals surface area contributed by atoms with E-state index >= 15 is 0 Å². The number of benzene rings is 1. The summed E-state index contributed by atoms with van der Waals surface area (Å²) in [5.74, 6) is 1.09. The van der Waals surface area contributed by atoms with Crippen molar-refractivity contribution in [3.63, 3.8) is 0 Å². The first kappa shape index (κ1) is 10.9. The van der Waals surface area contributed by atoms with Crippen molar-refractivity contribution >= 4 is 33.3 Å². The van der Waals surface area contributed by atoms with Crippen LogP contribution in [0.15, 0.2) is 24.3 Å². The SMILES string of the molecule is CSCCC(N)c1nc2ccccc2s1. The lowest BCUT2D eigenvalue weighted by Crippen LogP contribution is -2.10. The molecule has 1 aromatic heterocycles. The minimum Gasteiger partial charge on any atom is -0.322 e. The van der Waals surface area contributed by atoms with Gasteiger partial charge in [-0.1, -0.05) is 12.1 Å². The topological polar surface area (TPSA) is 38.9 Å². The van der Waals surface area contributed by atoms with Gasteiger partial charge >= 0.3 is 0 Å². The summed E-state index contributed by atoms with van der Waals surface area (Å²) in [7, 11) is 0. The van der Waals surface area contributed by atoms with Gasteiger partial charge in [-0.2, -0.15) is 11.8 Å². The summed E-state index contributed by atoms with van der Waals surface area (Å²) in [6, 6.07) is 8.28. The first-order valence-corrected chi connectivity index (χ1v) is 7.12. The number of nitrogens with two attached hydrogens (primary N) is 1. The van der Waals surface area contributed by atoms with Gasteiger partial charge in [0.2, 0.25) is 0 Å². The van der Waals surface area contributed by atoms with E-state index in [2.05, 4.69) is 17.3 Å². The number of hydrogen-bond donors (Lipinski definition) is 1. The third kappa shape index (κ3) is 2.51. The summed E-state index contributed by atoms with van der Waals surface area (Å²) < 4.78 is 1.23. The first-order chi connectivity index (χ1) is 7.31. The largest absolute Gasteiger partial charge is 0.322 e. The molecule has 0 spiro atoms. The van der Waals surface area contributed by atoms with Crippen molar-refractivity contribution in [2.45, 2.75) is 12.5 Å². The Hall–Kier alpha value is -0.580. The van der Waals surface area contributed by atoms with E-state index in [4.69, 9.17) is 5.73 Å². The Morgan fingerprint density at radius 2 is 2.27 bits per heavy atom. The molecule has 1 unspecified atom stereocenters. The average molecular weight is 238 g/mol. The Bertz CT molecular complexity index is 406. The molecule has 1 atom stereocenters. The molecule has 0 aliphatic rings. The minimum absolute atomic E-state index is 0.0925. The molecule has 80 valence electrons. The molecule has 4 heteroatoms. The summed E-state index contributed by atoms with van der Waals surface area (Å²) in [4.78, 5) is 4.55. The highest BCUT2D eigenvalue weighted by molar-refractivity contribution is 7.98. The molecule has 0 aliphatic carbocycles. The van der Waals surface area contributed by atoms with Crippen LogP contribution in [-0.4, -0.2) is 17.0 Å². The molecule has 2 aromatic rings. The summed E-state index contributed by atoms with van der Waals surface area (Å²) in [5.41, 5.74) is 7.15. The van der Waals surface area contributed by atoms with Crippen LogP contribution in [0.4, 0.5) is 0 Å². The zero-order chi connectivity index (χ0) is 10.7. The Morgan fingerprint density at radius 3 is 3.00 bits per heavy atom. The molecule has 0 bridgehead atoms. The number of rotatable bonds is 4. The fourth-order valence-corrected chi connectivity index (χ4v) is 2.91. The second-order valence-corrected chi connectivity index (χ2v) is 5.46. The Morgan fingerprint density at radius 1 is 1.47 bits per heavy atom. The molecule has 2 rings (SSSR count). The van der Waals surface area contributed by atoms with Gasteiger partial charge in [0.15, 0.2) is 0 Å². The summed E-state index contributed by atoms with van der Waals surface area (Å²) in [6.45, 7) is 0. The number of thiazole rings is 1. The molecule has 15 heavy (non-hydrogen) atoms. The maximum absolute atomic E-state index is 6.08. The molecular weight excluding hydrogens is 224 g/mol. The van der Waals surface area contributed by atoms with E-state index in [9.17, 15) is 0 Å². The maximum Gasteiger partial charge on any atom is 0.111 e. The molecule has 0 aliphatic heterocycles. The number of fused-ring (bicyclic) bond motifs is 1. The van der Waals surface area contributed by atoms with Crippen LogP contribution < -0.4 is 5.73 Å². The Labute approximate surface area is 97.9 Å². The van der Waals surface area contributed by atoms with Gasteiger partial charge in [-0.15, -0.1) is 11.3 Å². The highest BCUT2D eigenvalue weighted by Crippen LogP contribution is 2.26. The van der Waals surface area contributed by atoms with Crippen LogP contribution in [-0.2, 0) is 0 Å². The predicted molar refractivity (Wildman–Crippen MR) is 69.5 cm³/mol. The van der Waals surface area contributed by atoms with Crippen LogP contribution in [0.2, 0.25) is 0 Å². The first-order valence-electron chi connectivity index (χ1n) is 4.91. The van der Waals surface area contributed by atoms with Gasteiger partial charge in [0.05, 0.1) is 16.3 Å². The summed E-state index contributed by atoms with van der Waals surface area (Å²) in [5, 5.41) is 1.06. The van der Waals surface area contributed by atoms with E-state index in [1.807, 2.05) is 30.0 Å². The van der Waals surface area contributed by atoms with Gasteiger partial charge in [0.1, 0.15) is 5.01 Å². The fraction of sp³-hybridized carbons (Fsp3) is 0.364. The lowest BCUT2D eigenvalue weighted by Gasteiger charge is -2.05. The highest BCUT2D eigenvalue weighted by atomic mass is 32.2. The normalized spacial score (nSPS) is 13.2. The van der Waals surface area contributed by atoms with Crippen LogP contribution in [0.3, 0.4) is 0 Å². The highest BCUT2D eigenvalue weighted by Gasteiger charge is 2.10. The molecule has 2 nitrogen and oxygen atoms in total. The Kier molecular flexibility index (Phi) is 3.61. The number of aromatic nitrogens is 1. The van der Waals surface area contributed by atoms with Crippen molar-refractivity contribution in [1.82, 2.24) is 4.98 Å². The molecule has 0 saturated heterocycles. The quantitative estimate of drug-likeness (QED) is 0.889. The maximum atomic E-state index is 6.08. The van der Waals surface area contributed by atoms with Gasteiger partial charge in [-0.3, -0.25) is 0 Å². The lowest BCUT2D eigenvalue weighted by molar-refractivity contribution is 0.701. The van der Waals surface area contributed by atoms with Crippen molar-refractivity contribution in [2.24, 2.45) is 5.73 Å².